The number of hydrogen-bond donors (Lipinski definition) is 3. The minimum Gasteiger partial charge on any atom is -0.449 e. The summed E-state index contributed by atoms with van der Waals surface area (Å²) < 4.78 is 5.16. The summed E-state index contributed by atoms with van der Waals surface area (Å²) in [5.41, 5.74) is 3.05. The summed E-state index contributed by atoms with van der Waals surface area (Å²) in [4.78, 5) is 34.8. The van der Waals surface area contributed by atoms with Gasteiger partial charge in [0.1, 0.15) is 9.90 Å². The number of carbonyl (C=O) groups excluding carboxylic acids is 2. The number of thiophene rings is 1. The first-order valence-electron chi connectivity index (χ1n) is 9.85. The molecule has 0 atom stereocenters. The van der Waals surface area contributed by atoms with Gasteiger partial charge in [0.15, 0.2) is 5.82 Å². The Labute approximate surface area is 199 Å². The van der Waals surface area contributed by atoms with E-state index < -0.39 is 0 Å². The Balaban J connectivity index is 1.54. The second-order valence-corrected chi connectivity index (χ2v) is 8.28. The third-order valence-electron chi connectivity index (χ3n) is 4.79. The Morgan fingerprint density at radius 3 is 3.03 bits per heavy atom. The quantitative estimate of drug-likeness (QED) is 0.452. The maximum Gasteiger partial charge on any atom is 0.414 e. The van der Waals surface area contributed by atoms with Crippen molar-refractivity contribution in [2.24, 2.45) is 0 Å². The van der Waals surface area contributed by atoms with Crippen LogP contribution in [-0.2, 0) is 11.2 Å². The number of fused-ring (bicyclic) bond motifs is 1. The topological polar surface area (TPSA) is 108 Å². The molecule has 0 saturated heterocycles. The summed E-state index contributed by atoms with van der Waals surface area (Å²) in [6.45, 7) is 0.443. The van der Waals surface area contributed by atoms with Crippen molar-refractivity contribution in [3.05, 3.63) is 51.3 Å². The van der Waals surface area contributed by atoms with E-state index in [2.05, 4.69) is 31.8 Å². The third kappa shape index (κ3) is 5.00. The highest BCUT2D eigenvalue weighted by atomic mass is 35.5. The average molecular weight is 483 g/mol. The smallest absolute Gasteiger partial charge is 0.414 e. The fourth-order valence-corrected chi connectivity index (χ4v) is 4.10. The fourth-order valence-electron chi connectivity index (χ4n) is 3.20. The predicted octanol–water partition coefficient (Wildman–Crippen LogP) is 4.17. The van der Waals surface area contributed by atoms with Gasteiger partial charge >= 0.3 is 6.09 Å². The van der Waals surface area contributed by atoms with Crippen molar-refractivity contribution >= 4 is 63.8 Å². The molecule has 4 rings (SSSR count). The summed E-state index contributed by atoms with van der Waals surface area (Å²) in [6, 6.07) is 7.34. The molecule has 0 radical (unpaired) electrons. The number of nitrogens with zero attached hydrogens (tertiary/aromatic N) is 3. The van der Waals surface area contributed by atoms with Gasteiger partial charge in [0.05, 0.1) is 30.7 Å². The SMILES string of the molecule is C#CCNC(=O)c1sccc1Nc1nc(Nc2ccc3c(c2)CCOC(=O)N3C)ncc1Cl. The average Bonchev–Trinajstić information content (AvgIpc) is 3.22. The van der Waals surface area contributed by atoms with Crippen molar-refractivity contribution in [1.82, 2.24) is 15.3 Å². The zero-order valence-corrected chi connectivity index (χ0v) is 19.1. The molecule has 33 heavy (non-hydrogen) atoms. The number of carbonyl (C=O) groups is 2. The summed E-state index contributed by atoms with van der Waals surface area (Å²) in [7, 11) is 1.67. The monoisotopic (exact) mass is 482 g/mol. The van der Waals surface area contributed by atoms with E-state index in [1.54, 1.807) is 18.5 Å². The number of aromatic nitrogens is 2. The highest BCUT2D eigenvalue weighted by Crippen LogP contribution is 2.31. The lowest BCUT2D eigenvalue weighted by Gasteiger charge is -2.17. The van der Waals surface area contributed by atoms with Crippen LogP contribution in [0.4, 0.5) is 33.6 Å². The molecule has 1 aliphatic heterocycles. The Morgan fingerprint density at radius 2 is 2.21 bits per heavy atom. The van der Waals surface area contributed by atoms with Gasteiger partial charge in [-0.3, -0.25) is 9.69 Å². The zero-order valence-electron chi connectivity index (χ0n) is 17.5. The Kier molecular flexibility index (Phi) is 6.63. The number of nitrogens with one attached hydrogen (secondary N) is 3. The molecule has 1 aliphatic rings. The van der Waals surface area contributed by atoms with E-state index in [-0.39, 0.29) is 18.5 Å². The van der Waals surface area contributed by atoms with Gasteiger partial charge < -0.3 is 20.7 Å². The van der Waals surface area contributed by atoms with Crippen molar-refractivity contribution in [3.8, 4) is 12.3 Å². The van der Waals surface area contributed by atoms with Crippen molar-refractivity contribution in [2.45, 2.75) is 6.42 Å². The van der Waals surface area contributed by atoms with Crippen molar-refractivity contribution in [2.75, 3.05) is 35.7 Å². The van der Waals surface area contributed by atoms with Gasteiger partial charge in [-0.25, -0.2) is 9.78 Å². The van der Waals surface area contributed by atoms with Crippen LogP contribution in [0, 0.1) is 12.3 Å². The molecule has 0 unspecified atom stereocenters. The molecule has 2 aromatic heterocycles. The number of halogens is 1. The molecule has 0 bridgehead atoms. The predicted molar refractivity (Wildman–Crippen MR) is 129 cm³/mol. The number of ether oxygens (including phenoxy) is 1. The molecule has 0 saturated carbocycles. The molecule has 0 spiro atoms. The van der Waals surface area contributed by atoms with Gasteiger partial charge in [0.25, 0.3) is 5.91 Å². The number of cyclic esters (lactones) is 1. The van der Waals surface area contributed by atoms with Gasteiger partial charge in [0, 0.05) is 19.2 Å². The largest absolute Gasteiger partial charge is 0.449 e. The molecule has 3 aromatic rings. The van der Waals surface area contributed by atoms with Crippen LogP contribution in [0.15, 0.2) is 35.8 Å². The lowest BCUT2D eigenvalue weighted by molar-refractivity contribution is 0.0963. The van der Waals surface area contributed by atoms with E-state index in [0.29, 0.717) is 40.4 Å². The van der Waals surface area contributed by atoms with Gasteiger partial charge in [-0.15, -0.1) is 17.8 Å². The molecule has 9 nitrogen and oxygen atoms in total. The normalized spacial score (nSPS) is 12.8. The summed E-state index contributed by atoms with van der Waals surface area (Å²) in [6.07, 6.45) is 6.89. The van der Waals surface area contributed by atoms with E-state index in [4.69, 9.17) is 22.8 Å². The van der Waals surface area contributed by atoms with Crippen LogP contribution in [0.1, 0.15) is 15.2 Å². The van der Waals surface area contributed by atoms with Crippen molar-refractivity contribution in [3.63, 3.8) is 0 Å². The molecule has 3 N–H and O–H groups in total. The molecule has 3 heterocycles. The molecular weight excluding hydrogens is 464 g/mol. The van der Waals surface area contributed by atoms with Crippen molar-refractivity contribution in [1.29, 1.82) is 0 Å². The van der Waals surface area contributed by atoms with Crippen molar-refractivity contribution < 1.29 is 14.3 Å². The summed E-state index contributed by atoms with van der Waals surface area (Å²) in [5.74, 6) is 2.74. The molecule has 11 heteroatoms. The van der Waals surface area contributed by atoms with E-state index in [9.17, 15) is 9.59 Å². The second kappa shape index (κ2) is 9.77. The van der Waals surface area contributed by atoms with Gasteiger partial charge in [0.2, 0.25) is 5.95 Å². The van der Waals surface area contributed by atoms with Crippen LogP contribution < -0.4 is 20.9 Å². The number of rotatable bonds is 6. The van der Waals surface area contributed by atoms with Crippen LogP contribution in [0.2, 0.25) is 5.02 Å². The molecule has 2 amide bonds. The van der Waals surface area contributed by atoms with Gasteiger partial charge in [-0.1, -0.05) is 17.5 Å². The third-order valence-corrected chi connectivity index (χ3v) is 5.98. The first-order chi connectivity index (χ1) is 16.0. The number of anilines is 5. The molecular formula is C22H19ClN6O3S. The lowest BCUT2D eigenvalue weighted by Crippen LogP contribution is -2.25. The van der Waals surface area contributed by atoms with Crippen LogP contribution in [0.3, 0.4) is 0 Å². The second-order valence-electron chi connectivity index (χ2n) is 6.96. The number of terminal acetylenes is 1. The highest BCUT2D eigenvalue weighted by Gasteiger charge is 2.20. The van der Waals surface area contributed by atoms with Crippen LogP contribution in [0.5, 0.6) is 0 Å². The standard InChI is InChI=1S/C22H19ClN6O3S/c1-3-8-24-20(30)18-16(7-10-33-18)27-19-15(23)12-25-21(28-19)26-14-4-5-17-13(11-14)6-9-32-22(31)29(17)2/h1,4-5,7,10-12H,6,8-9H2,2H3,(H,24,30)(H2,25,26,27,28). The highest BCUT2D eigenvalue weighted by molar-refractivity contribution is 7.12. The molecule has 1 aromatic carbocycles. The molecule has 0 aliphatic carbocycles. The maximum absolute atomic E-state index is 12.3. The minimum absolute atomic E-state index is 0.134. The number of benzene rings is 1. The minimum atomic E-state index is -0.382. The van der Waals surface area contributed by atoms with E-state index in [1.165, 1.54) is 22.4 Å². The van der Waals surface area contributed by atoms with Crippen LogP contribution in [-0.4, -0.2) is 42.2 Å². The number of amides is 2. The number of hydrogen-bond acceptors (Lipinski definition) is 8. The van der Waals surface area contributed by atoms with E-state index in [0.717, 1.165) is 16.9 Å². The molecule has 168 valence electrons. The zero-order chi connectivity index (χ0) is 23.4. The molecule has 0 fully saturated rings. The maximum atomic E-state index is 12.3. The Morgan fingerprint density at radius 1 is 1.36 bits per heavy atom. The van der Waals surface area contributed by atoms with Crippen LogP contribution in [0.25, 0.3) is 0 Å². The Hall–Kier alpha value is -3.81. The van der Waals surface area contributed by atoms with Crippen LogP contribution >= 0.6 is 22.9 Å². The lowest BCUT2D eigenvalue weighted by atomic mass is 10.1. The van der Waals surface area contributed by atoms with Gasteiger partial charge in [-0.05, 0) is 35.2 Å². The van der Waals surface area contributed by atoms with E-state index >= 15 is 0 Å². The first kappa shape index (κ1) is 22.4. The fraction of sp³-hybridized carbons (Fsp3) is 0.182. The Bertz CT molecular complexity index is 1260. The first-order valence-corrected chi connectivity index (χ1v) is 11.1. The summed E-state index contributed by atoms with van der Waals surface area (Å²) >= 11 is 7.56. The van der Waals surface area contributed by atoms with E-state index in [1.807, 2.05) is 18.2 Å². The summed E-state index contributed by atoms with van der Waals surface area (Å²) in [5, 5.41) is 10.9. The van der Waals surface area contributed by atoms with Gasteiger partial charge in [-0.2, -0.15) is 4.98 Å².